The predicted octanol–water partition coefficient (Wildman–Crippen LogP) is 2.59. The summed E-state index contributed by atoms with van der Waals surface area (Å²) in [5.74, 6) is -1.66. The lowest BCUT2D eigenvalue weighted by Crippen LogP contribution is -2.17. The standard InChI is InChI=1S/C16H12FN3O2S/c17-13-4-2-1-3-11(13)7-12-5-10(8-23-12)6-14(21)15(22)16-18-9-19-20-16/h1-5,8-9H,6-7H2,(H,18,19,20). The van der Waals surface area contributed by atoms with Crippen molar-refractivity contribution in [3.05, 3.63) is 69.7 Å². The largest absolute Gasteiger partial charge is 0.290 e. The van der Waals surface area contributed by atoms with Crippen LogP contribution in [-0.4, -0.2) is 26.7 Å². The number of halogens is 1. The molecule has 0 saturated carbocycles. The lowest BCUT2D eigenvalue weighted by molar-refractivity contribution is -0.114. The molecule has 1 N–H and O–H groups in total. The minimum Gasteiger partial charge on any atom is -0.290 e. The highest BCUT2D eigenvalue weighted by Gasteiger charge is 2.20. The summed E-state index contributed by atoms with van der Waals surface area (Å²) in [6, 6.07) is 8.40. The van der Waals surface area contributed by atoms with Gasteiger partial charge in [-0.15, -0.1) is 16.4 Å². The molecule has 23 heavy (non-hydrogen) atoms. The molecule has 0 aliphatic rings. The van der Waals surface area contributed by atoms with E-state index in [1.165, 1.54) is 23.7 Å². The van der Waals surface area contributed by atoms with Crippen molar-refractivity contribution < 1.29 is 14.0 Å². The fraction of sp³-hybridized carbons (Fsp3) is 0.125. The van der Waals surface area contributed by atoms with Crippen LogP contribution in [0.3, 0.4) is 0 Å². The number of hydrogen-bond acceptors (Lipinski definition) is 5. The number of nitrogens with one attached hydrogen (secondary N) is 1. The van der Waals surface area contributed by atoms with E-state index in [1.54, 1.807) is 23.6 Å². The Balaban J connectivity index is 1.67. The van der Waals surface area contributed by atoms with Gasteiger partial charge in [0.1, 0.15) is 12.1 Å². The van der Waals surface area contributed by atoms with Crippen LogP contribution in [0.2, 0.25) is 0 Å². The van der Waals surface area contributed by atoms with Crippen molar-refractivity contribution in [3.8, 4) is 0 Å². The van der Waals surface area contributed by atoms with Gasteiger partial charge in [0, 0.05) is 17.7 Å². The second kappa shape index (κ2) is 6.62. The number of rotatable bonds is 6. The van der Waals surface area contributed by atoms with Crippen LogP contribution in [0.25, 0.3) is 0 Å². The van der Waals surface area contributed by atoms with Crippen molar-refractivity contribution in [2.24, 2.45) is 0 Å². The molecule has 0 saturated heterocycles. The minimum absolute atomic E-state index is 0.0128. The Morgan fingerprint density at radius 2 is 2.09 bits per heavy atom. The topological polar surface area (TPSA) is 75.7 Å². The molecular weight excluding hydrogens is 317 g/mol. The summed E-state index contributed by atoms with van der Waals surface area (Å²) in [6.45, 7) is 0. The monoisotopic (exact) mass is 329 g/mol. The molecule has 5 nitrogen and oxygen atoms in total. The predicted molar refractivity (Wildman–Crippen MR) is 82.9 cm³/mol. The van der Waals surface area contributed by atoms with Crippen LogP contribution >= 0.6 is 11.3 Å². The molecule has 0 radical (unpaired) electrons. The Morgan fingerprint density at radius 1 is 1.26 bits per heavy atom. The summed E-state index contributed by atoms with van der Waals surface area (Å²) >= 11 is 1.44. The number of carbonyl (C=O) groups is 2. The van der Waals surface area contributed by atoms with Crippen molar-refractivity contribution >= 4 is 22.9 Å². The number of nitrogens with zero attached hydrogens (tertiary/aromatic N) is 2. The van der Waals surface area contributed by atoms with Crippen LogP contribution in [0.1, 0.15) is 26.6 Å². The number of carbonyl (C=O) groups excluding carboxylic acids is 2. The SMILES string of the molecule is O=C(Cc1csc(Cc2ccccc2F)c1)C(=O)c1nc[nH]n1. The second-order valence-electron chi connectivity index (χ2n) is 4.94. The summed E-state index contributed by atoms with van der Waals surface area (Å²) in [7, 11) is 0. The van der Waals surface area contributed by atoms with Crippen LogP contribution < -0.4 is 0 Å². The van der Waals surface area contributed by atoms with Gasteiger partial charge in [0.05, 0.1) is 0 Å². The Kier molecular flexibility index (Phi) is 4.38. The number of hydrogen-bond donors (Lipinski definition) is 1. The fourth-order valence-electron chi connectivity index (χ4n) is 2.15. The first-order valence-corrected chi connectivity index (χ1v) is 7.74. The lowest BCUT2D eigenvalue weighted by atomic mass is 10.1. The molecule has 0 spiro atoms. The molecule has 3 aromatic rings. The van der Waals surface area contributed by atoms with E-state index in [2.05, 4.69) is 15.2 Å². The van der Waals surface area contributed by atoms with E-state index < -0.39 is 11.6 Å². The number of thiophene rings is 1. The van der Waals surface area contributed by atoms with Gasteiger partial charge in [0.2, 0.25) is 11.6 Å². The normalized spacial score (nSPS) is 10.7. The van der Waals surface area contributed by atoms with Crippen LogP contribution in [0.5, 0.6) is 0 Å². The molecule has 2 heterocycles. The summed E-state index contributed by atoms with van der Waals surface area (Å²) in [4.78, 5) is 28.4. The maximum absolute atomic E-state index is 13.6. The van der Waals surface area contributed by atoms with Gasteiger partial charge in [0.25, 0.3) is 5.78 Å². The van der Waals surface area contributed by atoms with Crippen molar-refractivity contribution in [1.82, 2.24) is 15.2 Å². The lowest BCUT2D eigenvalue weighted by Gasteiger charge is -2.00. The van der Waals surface area contributed by atoms with E-state index in [0.717, 1.165) is 10.4 Å². The Labute approximate surface area is 135 Å². The quantitative estimate of drug-likeness (QED) is 0.557. The summed E-state index contributed by atoms with van der Waals surface area (Å²) in [5.41, 5.74) is 1.33. The zero-order chi connectivity index (χ0) is 16.2. The molecular formula is C16H12FN3O2S. The van der Waals surface area contributed by atoms with E-state index in [-0.39, 0.29) is 18.1 Å². The van der Waals surface area contributed by atoms with Crippen LogP contribution in [0, 0.1) is 5.82 Å². The highest BCUT2D eigenvalue weighted by Crippen LogP contribution is 2.21. The van der Waals surface area contributed by atoms with Crippen LogP contribution in [0.4, 0.5) is 4.39 Å². The number of H-pyrrole nitrogens is 1. The fourth-order valence-corrected chi connectivity index (χ4v) is 3.06. The van der Waals surface area contributed by atoms with Gasteiger partial charge in [0.15, 0.2) is 0 Å². The highest BCUT2D eigenvalue weighted by molar-refractivity contribution is 7.10. The number of aromatic nitrogens is 3. The maximum atomic E-state index is 13.6. The Hall–Kier alpha value is -2.67. The third-order valence-electron chi connectivity index (χ3n) is 3.27. The molecule has 1 aromatic carbocycles. The third kappa shape index (κ3) is 3.57. The van der Waals surface area contributed by atoms with Crippen molar-refractivity contribution in [2.45, 2.75) is 12.8 Å². The molecule has 0 unspecified atom stereocenters. The first-order chi connectivity index (χ1) is 11.1. The molecule has 116 valence electrons. The molecule has 0 aliphatic heterocycles. The van der Waals surface area contributed by atoms with Crippen LogP contribution in [0.15, 0.2) is 42.0 Å². The van der Waals surface area contributed by atoms with E-state index >= 15 is 0 Å². The van der Waals surface area contributed by atoms with E-state index in [4.69, 9.17) is 0 Å². The zero-order valence-electron chi connectivity index (χ0n) is 12.0. The molecule has 7 heteroatoms. The van der Waals surface area contributed by atoms with E-state index in [0.29, 0.717) is 12.0 Å². The Morgan fingerprint density at radius 3 is 2.83 bits per heavy atom. The minimum atomic E-state index is -0.715. The average molecular weight is 329 g/mol. The highest BCUT2D eigenvalue weighted by atomic mass is 32.1. The van der Waals surface area contributed by atoms with E-state index in [9.17, 15) is 14.0 Å². The molecule has 0 fully saturated rings. The number of ketones is 2. The first kappa shape index (κ1) is 15.2. The molecule has 0 aliphatic carbocycles. The van der Waals surface area contributed by atoms with Gasteiger partial charge in [-0.1, -0.05) is 18.2 Å². The molecule has 3 rings (SSSR count). The van der Waals surface area contributed by atoms with Crippen molar-refractivity contribution in [1.29, 1.82) is 0 Å². The van der Waals surface area contributed by atoms with Gasteiger partial charge >= 0.3 is 0 Å². The van der Waals surface area contributed by atoms with E-state index in [1.807, 2.05) is 6.07 Å². The number of Topliss-reactive ketones (excluding diaryl/α,β-unsaturated/α-hetero) is 2. The second-order valence-corrected chi connectivity index (χ2v) is 5.94. The first-order valence-electron chi connectivity index (χ1n) is 6.86. The van der Waals surface area contributed by atoms with Crippen molar-refractivity contribution in [3.63, 3.8) is 0 Å². The summed E-state index contributed by atoms with van der Waals surface area (Å²) < 4.78 is 13.6. The number of aromatic amines is 1. The molecule has 2 aromatic heterocycles. The zero-order valence-corrected chi connectivity index (χ0v) is 12.8. The third-order valence-corrected chi connectivity index (χ3v) is 4.25. The van der Waals surface area contributed by atoms with Gasteiger partial charge in [-0.3, -0.25) is 14.7 Å². The van der Waals surface area contributed by atoms with Gasteiger partial charge in [-0.05, 0) is 28.6 Å². The van der Waals surface area contributed by atoms with Gasteiger partial charge < -0.3 is 0 Å². The smallest absolute Gasteiger partial charge is 0.267 e. The van der Waals surface area contributed by atoms with Crippen LogP contribution in [-0.2, 0) is 17.6 Å². The average Bonchev–Trinajstić information content (AvgIpc) is 3.21. The Bertz CT molecular complexity index is 843. The summed E-state index contributed by atoms with van der Waals surface area (Å²) in [5, 5.41) is 7.81. The number of benzene rings is 1. The van der Waals surface area contributed by atoms with Crippen molar-refractivity contribution in [2.75, 3.05) is 0 Å². The van der Waals surface area contributed by atoms with Gasteiger partial charge in [-0.2, -0.15) is 0 Å². The maximum Gasteiger partial charge on any atom is 0.267 e. The molecule has 0 bridgehead atoms. The molecule has 0 atom stereocenters. The van der Waals surface area contributed by atoms with Gasteiger partial charge in [-0.25, -0.2) is 9.37 Å². The summed E-state index contributed by atoms with van der Waals surface area (Å²) in [6.07, 6.45) is 1.69. The molecule has 0 amide bonds.